The van der Waals surface area contributed by atoms with Crippen molar-refractivity contribution in [3.63, 3.8) is 0 Å². The molecule has 166 valence electrons. The van der Waals surface area contributed by atoms with Crippen LogP contribution in [0.15, 0.2) is 68.1 Å². The van der Waals surface area contributed by atoms with Crippen molar-refractivity contribution < 1.29 is 57.8 Å². The van der Waals surface area contributed by atoms with Gasteiger partial charge in [0.15, 0.2) is 10.5 Å². The first kappa shape index (κ1) is 25.7. The van der Waals surface area contributed by atoms with Gasteiger partial charge in [-0.1, -0.05) is 38.1 Å². The Labute approximate surface area is 184 Å². The molecule has 3 aliphatic rings. The summed E-state index contributed by atoms with van der Waals surface area (Å²) in [5.41, 5.74) is 0. The quantitative estimate of drug-likeness (QED) is 0.349. The highest BCUT2D eigenvalue weighted by Crippen LogP contribution is 2.53. The molecule has 30 heavy (non-hydrogen) atoms. The van der Waals surface area contributed by atoms with Crippen LogP contribution in [0.3, 0.4) is 0 Å². The molecular weight excluding hydrogens is 479 g/mol. The van der Waals surface area contributed by atoms with Gasteiger partial charge in [-0.05, 0) is 31.2 Å². The zero-order chi connectivity index (χ0) is 22.9. The van der Waals surface area contributed by atoms with Crippen LogP contribution in [0, 0.1) is 26.4 Å². The van der Waals surface area contributed by atoms with Gasteiger partial charge < -0.3 is 0 Å². The summed E-state index contributed by atoms with van der Waals surface area (Å²) < 4.78 is 67.9. The van der Waals surface area contributed by atoms with Gasteiger partial charge in [0.2, 0.25) is 19.6 Å². The standard InChI is InChI=1S/C18H20S2.2ClHO4/c1-12(2)18-13(3)19-14-8-4-6-10-16(14)20(18)17-11-7-5-9-15(17)19;2*2-1(3,4)5/h4-13,18H,1-3H3;2*(H,2,3,4,5)/q+2;;/p-2/t13-,18-,19?,20?;;/m0../s1. The highest BCUT2D eigenvalue weighted by molar-refractivity contribution is 8.06. The Hall–Kier alpha value is -0.600. The molecule has 3 heterocycles. The maximum absolute atomic E-state index is 8.49. The van der Waals surface area contributed by atoms with Crippen molar-refractivity contribution in [1.29, 1.82) is 0 Å². The molecule has 12 heteroatoms. The lowest BCUT2D eigenvalue weighted by Crippen LogP contribution is -2.68. The monoisotopic (exact) mass is 498 g/mol. The van der Waals surface area contributed by atoms with Crippen LogP contribution in [0.1, 0.15) is 20.8 Å². The van der Waals surface area contributed by atoms with Crippen LogP contribution in [0.4, 0.5) is 0 Å². The molecule has 0 spiro atoms. The van der Waals surface area contributed by atoms with E-state index in [0.717, 1.165) is 16.4 Å². The predicted molar refractivity (Wildman–Crippen MR) is 88.8 cm³/mol. The molecule has 0 unspecified atom stereocenters. The van der Waals surface area contributed by atoms with Gasteiger partial charge in [0.25, 0.3) is 0 Å². The van der Waals surface area contributed by atoms with Gasteiger partial charge in [-0.25, -0.2) is 37.3 Å². The molecule has 5 rings (SSSR count). The molecule has 0 aliphatic carbocycles. The topological polar surface area (TPSA) is 184 Å². The Kier molecular flexibility index (Phi) is 8.47. The third-order valence-electron chi connectivity index (χ3n) is 4.41. The molecule has 0 N–H and O–H groups in total. The Bertz CT molecular complexity index is 785. The lowest BCUT2D eigenvalue weighted by atomic mass is 10.1. The van der Waals surface area contributed by atoms with E-state index in [1.807, 2.05) is 0 Å². The summed E-state index contributed by atoms with van der Waals surface area (Å²) in [5, 5.41) is 1.59. The molecule has 2 aromatic carbocycles. The molecular formula is C18H20Cl2O8S2. The number of rotatable bonds is 1. The molecule has 8 nitrogen and oxygen atoms in total. The average Bonchev–Trinajstić information content (AvgIpc) is 2.58. The molecule has 2 aromatic rings. The first-order valence-corrected chi connectivity index (χ1v) is 13.6. The number of fused-ring (bicyclic) bond motifs is 1. The lowest BCUT2D eigenvalue weighted by molar-refractivity contribution is -2.00. The second-order valence-corrected chi connectivity index (χ2v) is 12.6. The predicted octanol–water partition coefficient (Wildman–Crippen LogP) is -5.01. The van der Waals surface area contributed by atoms with Crippen LogP contribution in [0.5, 0.6) is 0 Å². The molecule has 0 saturated carbocycles. The largest absolute Gasteiger partial charge is 0.222 e. The summed E-state index contributed by atoms with van der Waals surface area (Å²) in [6, 6.07) is 18.4. The van der Waals surface area contributed by atoms with Crippen molar-refractivity contribution >= 4 is 21.8 Å². The highest BCUT2D eigenvalue weighted by Gasteiger charge is 2.64. The van der Waals surface area contributed by atoms with Crippen LogP contribution < -0.4 is 37.3 Å². The van der Waals surface area contributed by atoms with E-state index < -0.39 is 20.5 Å². The van der Waals surface area contributed by atoms with Crippen LogP contribution in [-0.2, 0) is 21.8 Å². The van der Waals surface area contributed by atoms with E-state index in [4.69, 9.17) is 37.3 Å². The Balaban J connectivity index is 0.000000271. The van der Waals surface area contributed by atoms with Gasteiger partial charge in [0.1, 0.15) is 0 Å². The minimum absolute atomic E-state index is 0.273. The van der Waals surface area contributed by atoms with E-state index in [2.05, 4.69) is 69.3 Å². The van der Waals surface area contributed by atoms with Crippen molar-refractivity contribution in [2.24, 2.45) is 5.92 Å². The van der Waals surface area contributed by atoms with Crippen LogP contribution >= 0.6 is 0 Å². The number of halogens is 2. The number of benzene rings is 2. The van der Waals surface area contributed by atoms with Crippen LogP contribution in [0.2, 0.25) is 0 Å². The maximum atomic E-state index is 8.49. The molecule has 2 bridgehead atoms. The van der Waals surface area contributed by atoms with E-state index >= 15 is 0 Å². The molecule has 0 radical (unpaired) electrons. The van der Waals surface area contributed by atoms with E-state index in [0.29, 0.717) is 0 Å². The zero-order valence-corrected chi connectivity index (χ0v) is 19.3. The van der Waals surface area contributed by atoms with Gasteiger partial charge in [-0.2, -0.15) is 0 Å². The van der Waals surface area contributed by atoms with Gasteiger partial charge in [0, 0.05) is 5.92 Å². The van der Waals surface area contributed by atoms with Crippen molar-refractivity contribution in [3.05, 3.63) is 48.5 Å². The smallest absolute Gasteiger partial charge is 0.216 e. The molecule has 0 saturated heterocycles. The van der Waals surface area contributed by atoms with E-state index in [9.17, 15) is 0 Å². The average molecular weight is 499 g/mol. The van der Waals surface area contributed by atoms with Gasteiger partial charge in [0.05, 0.1) is 21.8 Å². The minimum Gasteiger partial charge on any atom is -0.222 e. The van der Waals surface area contributed by atoms with Gasteiger partial charge in [-0.15, -0.1) is 20.5 Å². The summed E-state index contributed by atoms with van der Waals surface area (Å²) in [7, 11) is -9.34. The molecule has 0 aromatic heterocycles. The van der Waals surface area contributed by atoms with Crippen molar-refractivity contribution in [3.8, 4) is 0 Å². The summed E-state index contributed by atoms with van der Waals surface area (Å²) >= 11 is 0. The maximum Gasteiger partial charge on any atom is 0.216 e. The fourth-order valence-corrected chi connectivity index (χ4v) is 10.9. The SMILES string of the molecule is CC(C)[C@H]1[C@H](C)[S+]2c3ccccc3[S+]1c1ccccc12.[O-][Cl+3]([O-])([O-])[O-].[O-][Cl+3]([O-])([O-])[O-]. The van der Waals surface area contributed by atoms with Gasteiger partial charge >= 0.3 is 0 Å². The molecule has 3 aliphatic heterocycles. The third-order valence-corrected chi connectivity index (χ3v) is 10.7. The molecule has 0 amide bonds. The first-order valence-electron chi connectivity index (χ1n) is 8.58. The minimum atomic E-state index is -4.94. The molecule has 0 fully saturated rings. The van der Waals surface area contributed by atoms with Crippen LogP contribution in [-0.4, -0.2) is 10.5 Å². The van der Waals surface area contributed by atoms with Crippen molar-refractivity contribution in [2.75, 3.05) is 0 Å². The highest BCUT2D eigenvalue weighted by atomic mass is 35.7. The van der Waals surface area contributed by atoms with Crippen molar-refractivity contribution in [1.82, 2.24) is 0 Å². The van der Waals surface area contributed by atoms with Crippen molar-refractivity contribution in [2.45, 2.75) is 50.9 Å². The molecule has 2 atom stereocenters. The number of hydrogen-bond donors (Lipinski definition) is 0. The summed E-state index contributed by atoms with van der Waals surface area (Å²) in [6.45, 7) is 7.30. The first-order chi connectivity index (χ1) is 13.7. The summed E-state index contributed by atoms with van der Waals surface area (Å²) in [4.78, 5) is 6.51. The fraction of sp³-hybridized carbons (Fsp3) is 0.333. The lowest BCUT2D eigenvalue weighted by Gasteiger charge is -2.36. The second kappa shape index (κ2) is 9.90. The Morgan fingerprint density at radius 2 is 0.900 bits per heavy atom. The Morgan fingerprint density at radius 1 is 0.633 bits per heavy atom. The van der Waals surface area contributed by atoms with E-state index in [-0.39, 0.29) is 21.8 Å². The normalized spacial score (nSPS) is 24.1. The Morgan fingerprint density at radius 3 is 1.17 bits per heavy atom. The summed E-state index contributed by atoms with van der Waals surface area (Å²) in [6.07, 6.45) is 0. The fourth-order valence-electron chi connectivity index (χ4n) is 3.70. The van der Waals surface area contributed by atoms with E-state index in [1.165, 1.54) is 0 Å². The zero-order valence-electron chi connectivity index (χ0n) is 16.2. The van der Waals surface area contributed by atoms with Gasteiger partial charge in [-0.3, -0.25) is 0 Å². The van der Waals surface area contributed by atoms with E-state index in [1.54, 1.807) is 19.6 Å². The third kappa shape index (κ3) is 6.70. The second-order valence-electron chi connectivity index (χ2n) is 6.74. The van der Waals surface area contributed by atoms with Crippen LogP contribution in [0.25, 0.3) is 0 Å². The summed E-state index contributed by atoms with van der Waals surface area (Å²) in [5.74, 6) is 0.755. The number of hydrogen-bond acceptors (Lipinski definition) is 8.